The van der Waals surface area contributed by atoms with Gasteiger partial charge >= 0.3 is 5.97 Å². The molecule has 2 aromatic rings. The van der Waals surface area contributed by atoms with Gasteiger partial charge in [0.25, 0.3) is 11.6 Å². The summed E-state index contributed by atoms with van der Waals surface area (Å²) >= 11 is 5.88. The van der Waals surface area contributed by atoms with Crippen LogP contribution in [-0.4, -0.2) is 23.4 Å². The minimum atomic E-state index is -0.905. The summed E-state index contributed by atoms with van der Waals surface area (Å²) < 4.78 is 4.93. The number of nitrogens with one attached hydrogen (secondary N) is 1. The van der Waals surface area contributed by atoms with Crippen molar-refractivity contribution in [3.63, 3.8) is 0 Å². The first-order chi connectivity index (χ1) is 12.7. The highest BCUT2D eigenvalue weighted by Gasteiger charge is 2.19. The molecule has 0 bridgehead atoms. The summed E-state index contributed by atoms with van der Waals surface area (Å²) in [5.41, 5.74) is 2.74. The van der Waals surface area contributed by atoms with Crippen molar-refractivity contribution >= 4 is 29.2 Å². The van der Waals surface area contributed by atoms with Gasteiger partial charge in [0.15, 0.2) is 6.61 Å². The van der Waals surface area contributed by atoms with Gasteiger partial charge in [-0.2, -0.15) is 0 Å². The van der Waals surface area contributed by atoms with E-state index in [0.29, 0.717) is 0 Å². The first-order valence-electron chi connectivity index (χ1n) is 8.16. The molecule has 0 spiro atoms. The van der Waals surface area contributed by atoms with Crippen molar-refractivity contribution in [2.24, 2.45) is 0 Å². The molecule has 0 saturated heterocycles. The molecule has 1 atom stereocenters. The minimum Gasteiger partial charge on any atom is -0.452 e. The summed E-state index contributed by atoms with van der Waals surface area (Å²) in [5, 5.41) is 13.5. The van der Waals surface area contributed by atoms with Crippen molar-refractivity contribution in [2.75, 3.05) is 6.61 Å². The average Bonchev–Trinajstić information content (AvgIpc) is 2.62. The Labute approximate surface area is 161 Å². The maximum Gasteiger partial charge on any atom is 0.340 e. The Bertz CT molecular complexity index is 898. The molecule has 142 valence electrons. The van der Waals surface area contributed by atoms with E-state index in [-0.39, 0.29) is 22.3 Å². The van der Waals surface area contributed by atoms with Gasteiger partial charge in [0.05, 0.1) is 21.6 Å². The molecule has 0 unspecified atom stereocenters. The number of nitro groups is 1. The van der Waals surface area contributed by atoms with Gasteiger partial charge in [-0.3, -0.25) is 14.9 Å². The molecule has 0 aliphatic rings. The smallest absolute Gasteiger partial charge is 0.340 e. The van der Waals surface area contributed by atoms with Gasteiger partial charge in [-0.05, 0) is 43.5 Å². The molecule has 0 aliphatic carbocycles. The van der Waals surface area contributed by atoms with E-state index in [1.165, 1.54) is 12.1 Å². The lowest BCUT2D eigenvalue weighted by molar-refractivity contribution is -0.384. The number of carbonyl (C=O) groups excluding carboxylic acids is 2. The minimum absolute atomic E-state index is 0.00880. The van der Waals surface area contributed by atoms with Gasteiger partial charge in [-0.25, -0.2) is 4.79 Å². The maximum absolute atomic E-state index is 12.1. The van der Waals surface area contributed by atoms with Crippen molar-refractivity contribution in [1.29, 1.82) is 0 Å². The number of nitrogens with zero attached hydrogens (tertiary/aromatic N) is 1. The number of benzene rings is 2. The fourth-order valence-corrected chi connectivity index (χ4v) is 2.59. The van der Waals surface area contributed by atoms with Crippen LogP contribution in [0.15, 0.2) is 36.4 Å². The number of amides is 1. The molecule has 0 radical (unpaired) electrons. The monoisotopic (exact) mass is 390 g/mol. The topological polar surface area (TPSA) is 98.5 Å². The van der Waals surface area contributed by atoms with Crippen LogP contribution in [0.5, 0.6) is 0 Å². The Morgan fingerprint density at radius 2 is 1.89 bits per heavy atom. The largest absolute Gasteiger partial charge is 0.452 e. The van der Waals surface area contributed by atoms with E-state index in [0.717, 1.165) is 22.8 Å². The summed E-state index contributed by atoms with van der Waals surface area (Å²) in [6.45, 7) is 5.28. The Kier molecular flexibility index (Phi) is 6.52. The van der Waals surface area contributed by atoms with Crippen molar-refractivity contribution in [3.8, 4) is 0 Å². The van der Waals surface area contributed by atoms with Gasteiger partial charge < -0.3 is 10.1 Å². The first-order valence-corrected chi connectivity index (χ1v) is 8.54. The molecule has 0 aromatic heterocycles. The molecule has 8 heteroatoms. The van der Waals surface area contributed by atoms with Crippen LogP contribution in [-0.2, 0) is 9.53 Å². The van der Waals surface area contributed by atoms with Gasteiger partial charge in [0.2, 0.25) is 0 Å². The Hall–Kier alpha value is -2.93. The highest BCUT2D eigenvalue weighted by molar-refractivity contribution is 6.33. The summed E-state index contributed by atoms with van der Waals surface area (Å²) in [6, 6.07) is 9.03. The van der Waals surface area contributed by atoms with Crippen LogP contribution in [0.1, 0.15) is 40.0 Å². The molecule has 0 fully saturated rings. The predicted octanol–water partition coefficient (Wildman–Crippen LogP) is 3.90. The van der Waals surface area contributed by atoms with Crippen molar-refractivity contribution < 1.29 is 19.2 Å². The van der Waals surface area contributed by atoms with E-state index in [4.69, 9.17) is 16.3 Å². The van der Waals surface area contributed by atoms with Crippen LogP contribution in [0.3, 0.4) is 0 Å². The van der Waals surface area contributed by atoms with Crippen LogP contribution in [0.25, 0.3) is 0 Å². The SMILES string of the molecule is Cc1ccc([C@@H](C)NC(=O)COC(=O)c2cc([N+](=O)[O-])ccc2Cl)cc1C. The van der Waals surface area contributed by atoms with E-state index >= 15 is 0 Å². The van der Waals surface area contributed by atoms with Crippen LogP contribution in [0.2, 0.25) is 5.02 Å². The molecule has 27 heavy (non-hydrogen) atoms. The molecule has 0 heterocycles. The zero-order valence-corrected chi connectivity index (χ0v) is 15.9. The summed E-state index contributed by atoms with van der Waals surface area (Å²) in [5.74, 6) is -1.40. The molecule has 7 nitrogen and oxygen atoms in total. The Balaban J connectivity index is 1.97. The molecule has 2 rings (SSSR count). The van der Waals surface area contributed by atoms with Crippen LogP contribution in [0.4, 0.5) is 5.69 Å². The summed E-state index contributed by atoms with van der Waals surface area (Å²) in [6.07, 6.45) is 0. The maximum atomic E-state index is 12.1. The number of carbonyl (C=O) groups is 2. The molecule has 1 N–H and O–H groups in total. The highest BCUT2D eigenvalue weighted by Crippen LogP contribution is 2.23. The number of aryl methyl sites for hydroxylation is 2. The summed E-state index contributed by atoms with van der Waals surface area (Å²) in [7, 11) is 0. The van der Waals surface area contributed by atoms with Crippen LogP contribution < -0.4 is 5.32 Å². The summed E-state index contributed by atoms with van der Waals surface area (Å²) in [4.78, 5) is 34.3. The lowest BCUT2D eigenvalue weighted by Crippen LogP contribution is -2.31. The van der Waals surface area contributed by atoms with Gasteiger partial charge in [-0.1, -0.05) is 29.8 Å². The van der Waals surface area contributed by atoms with Gasteiger partial charge in [0.1, 0.15) is 0 Å². The Morgan fingerprint density at radius 1 is 1.19 bits per heavy atom. The quantitative estimate of drug-likeness (QED) is 0.458. The van der Waals surface area contributed by atoms with E-state index in [9.17, 15) is 19.7 Å². The Morgan fingerprint density at radius 3 is 2.52 bits per heavy atom. The average molecular weight is 391 g/mol. The van der Waals surface area contributed by atoms with Crippen molar-refractivity contribution in [2.45, 2.75) is 26.8 Å². The zero-order chi connectivity index (χ0) is 20.1. The number of ether oxygens (including phenoxy) is 1. The first kappa shape index (κ1) is 20.4. The van der Waals surface area contributed by atoms with E-state index in [1.807, 2.05) is 39.0 Å². The molecule has 2 aromatic carbocycles. The van der Waals surface area contributed by atoms with Crippen molar-refractivity contribution in [1.82, 2.24) is 5.32 Å². The lowest BCUT2D eigenvalue weighted by atomic mass is 10.0. The predicted molar refractivity (Wildman–Crippen MR) is 101 cm³/mol. The number of nitro benzene ring substituents is 1. The molecule has 1 amide bonds. The second-order valence-corrected chi connectivity index (χ2v) is 6.54. The standard InChI is InChI=1S/C19H19ClN2O5/c1-11-4-5-14(8-12(11)2)13(3)21-18(23)10-27-19(24)16-9-15(22(25)26)6-7-17(16)20/h4-9,13H,10H2,1-3H3,(H,21,23)/t13-/m1/s1. The van der Waals surface area contributed by atoms with Crippen LogP contribution in [0, 0.1) is 24.0 Å². The second-order valence-electron chi connectivity index (χ2n) is 6.13. The number of non-ortho nitro benzene ring substituents is 1. The third kappa shape index (κ3) is 5.27. The number of hydrogen-bond donors (Lipinski definition) is 1. The molecule has 0 aliphatic heterocycles. The number of hydrogen-bond acceptors (Lipinski definition) is 5. The third-order valence-corrected chi connectivity index (χ3v) is 4.45. The fourth-order valence-electron chi connectivity index (χ4n) is 2.39. The van der Waals surface area contributed by atoms with Gasteiger partial charge in [0, 0.05) is 12.1 Å². The molecule has 0 saturated carbocycles. The van der Waals surface area contributed by atoms with Crippen LogP contribution >= 0.6 is 11.6 Å². The van der Waals surface area contributed by atoms with Gasteiger partial charge in [-0.15, -0.1) is 0 Å². The second kappa shape index (κ2) is 8.64. The lowest BCUT2D eigenvalue weighted by Gasteiger charge is -2.16. The highest BCUT2D eigenvalue weighted by atomic mass is 35.5. The van der Waals surface area contributed by atoms with Crippen molar-refractivity contribution in [3.05, 3.63) is 73.8 Å². The third-order valence-electron chi connectivity index (χ3n) is 4.12. The molecular formula is C19H19ClN2O5. The zero-order valence-electron chi connectivity index (χ0n) is 15.1. The number of rotatable bonds is 6. The fraction of sp³-hybridized carbons (Fsp3) is 0.263. The van der Waals surface area contributed by atoms with E-state index < -0.39 is 23.4 Å². The molecular weight excluding hydrogens is 372 g/mol. The normalized spacial score (nSPS) is 11.6. The van der Waals surface area contributed by atoms with E-state index in [1.54, 1.807) is 0 Å². The number of halogens is 1. The number of esters is 1. The van der Waals surface area contributed by atoms with E-state index in [2.05, 4.69) is 5.32 Å².